The number of benzene rings is 1. The van der Waals surface area contributed by atoms with Crippen LogP contribution in [0.25, 0.3) is 0 Å². The molecular formula is C12H17NO3. The summed E-state index contributed by atoms with van der Waals surface area (Å²) in [6.07, 6.45) is 0.158. The standard InChI is InChI=1S/C12H17NO3/c14-11-3-1-10(2-4-11)7-13-8-12-9-15-5-6-16-12/h1-4,12-14H,5-9H2. The van der Waals surface area contributed by atoms with Crippen molar-refractivity contribution < 1.29 is 14.6 Å². The third-order valence-corrected chi connectivity index (χ3v) is 2.52. The first-order chi connectivity index (χ1) is 7.84. The highest BCUT2D eigenvalue weighted by molar-refractivity contribution is 5.25. The van der Waals surface area contributed by atoms with Crippen molar-refractivity contribution in [2.75, 3.05) is 26.4 Å². The van der Waals surface area contributed by atoms with Crippen molar-refractivity contribution in [3.8, 4) is 5.75 Å². The summed E-state index contributed by atoms with van der Waals surface area (Å²) in [6, 6.07) is 7.19. The van der Waals surface area contributed by atoms with Gasteiger partial charge in [0.15, 0.2) is 0 Å². The molecule has 88 valence electrons. The molecule has 1 aliphatic heterocycles. The molecule has 0 amide bonds. The van der Waals surface area contributed by atoms with Crippen LogP contribution in [0.2, 0.25) is 0 Å². The summed E-state index contributed by atoms with van der Waals surface area (Å²) in [7, 11) is 0. The maximum absolute atomic E-state index is 9.13. The Hall–Kier alpha value is -1.10. The van der Waals surface area contributed by atoms with Crippen LogP contribution in [0, 0.1) is 0 Å². The largest absolute Gasteiger partial charge is 0.508 e. The molecule has 1 aromatic rings. The van der Waals surface area contributed by atoms with Gasteiger partial charge in [0.25, 0.3) is 0 Å². The molecule has 0 spiro atoms. The van der Waals surface area contributed by atoms with Crippen LogP contribution in [0.4, 0.5) is 0 Å². The summed E-state index contributed by atoms with van der Waals surface area (Å²) in [5.74, 6) is 0.299. The SMILES string of the molecule is Oc1ccc(CNCC2COCCO2)cc1. The fourth-order valence-corrected chi connectivity index (χ4v) is 1.65. The second-order valence-electron chi connectivity index (χ2n) is 3.87. The predicted molar refractivity (Wildman–Crippen MR) is 60.4 cm³/mol. The molecule has 1 aromatic carbocycles. The van der Waals surface area contributed by atoms with Crippen LogP contribution in [0.1, 0.15) is 5.56 Å². The Labute approximate surface area is 95.2 Å². The van der Waals surface area contributed by atoms with E-state index in [2.05, 4.69) is 5.32 Å². The molecule has 0 radical (unpaired) electrons. The number of ether oxygens (including phenoxy) is 2. The van der Waals surface area contributed by atoms with Crippen LogP contribution >= 0.6 is 0 Å². The summed E-state index contributed by atoms with van der Waals surface area (Å²) in [5.41, 5.74) is 1.15. The molecule has 1 aliphatic rings. The van der Waals surface area contributed by atoms with Gasteiger partial charge in [0.2, 0.25) is 0 Å². The third-order valence-electron chi connectivity index (χ3n) is 2.52. The van der Waals surface area contributed by atoms with E-state index in [1.165, 1.54) is 0 Å². The molecule has 4 nitrogen and oxygen atoms in total. The topological polar surface area (TPSA) is 50.7 Å². The van der Waals surface area contributed by atoms with Gasteiger partial charge in [0.05, 0.1) is 25.9 Å². The number of phenols is 1. The first-order valence-electron chi connectivity index (χ1n) is 5.52. The minimum Gasteiger partial charge on any atom is -0.508 e. The van der Waals surface area contributed by atoms with Crippen LogP contribution in [0.3, 0.4) is 0 Å². The smallest absolute Gasteiger partial charge is 0.115 e. The highest BCUT2D eigenvalue weighted by atomic mass is 16.6. The van der Waals surface area contributed by atoms with Gasteiger partial charge in [-0.2, -0.15) is 0 Å². The highest BCUT2D eigenvalue weighted by Crippen LogP contribution is 2.09. The van der Waals surface area contributed by atoms with Crippen molar-refractivity contribution in [3.05, 3.63) is 29.8 Å². The fraction of sp³-hybridized carbons (Fsp3) is 0.500. The van der Waals surface area contributed by atoms with E-state index in [0.717, 1.165) is 18.7 Å². The summed E-state index contributed by atoms with van der Waals surface area (Å²) >= 11 is 0. The number of rotatable bonds is 4. The van der Waals surface area contributed by atoms with Gasteiger partial charge in [0, 0.05) is 13.1 Å². The molecule has 4 heteroatoms. The zero-order valence-corrected chi connectivity index (χ0v) is 9.19. The summed E-state index contributed by atoms with van der Waals surface area (Å²) in [4.78, 5) is 0. The average molecular weight is 223 g/mol. The van der Waals surface area contributed by atoms with Gasteiger partial charge in [0.1, 0.15) is 5.75 Å². The number of hydrogen-bond donors (Lipinski definition) is 2. The monoisotopic (exact) mass is 223 g/mol. The van der Waals surface area contributed by atoms with Crippen molar-refractivity contribution >= 4 is 0 Å². The van der Waals surface area contributed by atoms with Crippen LogP contribution < -0.4 is 5.32 Å². The zero-order chi connectivity index (χ0) is 11.2. The molecule has 0 bridgehead atoms. The maximum Gasteiger partial charge on any atom is 0.115 e. The van der Waals surface area contributed by atoms with Crippen molar-refractivity contribution in [2.45, 2.75) is 12.6 Å². The lowest BCUT2D eigenvalue weighted by atomic mass is 10.2. The first-order valence-corrected chi connectivity index (χ1v) is 5.52. The van der Waals surface area contributed by atoms with Crippen molar-refractivity contribution in [1.82, 2.24) is 5.32 Å². The molecule has 1 atom stereocenters. The molecule has 16 heavy (non-hydrogen) atoms. The second-order valence-corrected chi connectivity index (χ2v) is 3.87. The molecule has 1 fully saturated rings. The van der Waals surface area contributed by atoms with Gasteiger partial charge < -0.3 is 19.9 Å². The van der Waals surface area contributed by atoms with Crippen LogP contribution in [0.5, 0.6) is 5.75 Å². The maximum atomic E-state index is 9.13. The van der Waals surface area contributed by atoms with E-state index in [1.807, 2.05) is 12.1 Å². The van der Waals surface area contributed by atoms with E-state index in [4.69, 9.17) is 14.6 Å². The third kappa shape index (κ3) is 3.48. The summed E-state index contributed by atoms with van der Waals surface area (Å²) in [5, 5.41) is 12.4. The highest BCUT2D eigenvalue weighted by Gasteiger charge is 2.13. The van der Waals surface area contributed by atoms with E-state index in [-0.39, 0.29) is 6.10 Å². The predicted octanol–water partition coefficient (Wildman–Crippen LogP) is 0.897. The Balaban J connectivity index is 1.69. The summed E-state index contributed by atoms with van der Waals surface area (Å²) < 4.78 is 10.8. The van der Waals surface area contributed by atoms with Crippen LogP contribution in [-0.4, -0.2) is 37.6 Å². The molecule has 1 heterocycles. The van der Waals surface area contributed by atoms with Gasteiger partial charge in [-0.25, -0.2) is 0 Å². The molecule has 0 aliphatic carbocycles. The lowest BCUT2D eigenvalue weighted by Gasteiger charge is -2.23. The second kappa shape index (κ2) is 5.84. The number of phenolic OH excluding ortho intramolecular Hbond substituents is 1. The zero-order valence-electron chi connectivity index (χ0n) is 9.19. The molecule has 2 N–H and O–H groups in total. The number of nitrogens with one attached hydrogen (secondary N) is 1. The Kier molecular flexibility index (Phi) is 4.16. The van der Waals surface area contributed by atoms with Crippen molar-refractivity contribution in [2.24, 2.45) is 0 Å². The van der Waals surface area contributed by atoms with Crippen LogP contribution in [-0.2, 0) is 16.0 Å². The lowest BCUT2D eigenvalue weighted by molar-refractivity contribution is -0.0864. The number of hydrogen-bond acceptors (Lipinski definition) is 4. The van der Waals surface area contributed by atoms with E-state index in [1.54, 1.807) is 12.1 Å². The molecule has 1 unspecified atom stereocenters. The minimum atomic E-state index is 0.158. The van der Waals surface area contributed by atoms with E-state index < -0.39 is 0 Å². The molecule has 0 saturated carbocycles. The van der Waals surface area contributed by atoms with E-state index in [9.17, 15) is 0 Å². The van der Waals surface area contributed by atoms with Gasteiger partial charge in [-0.1, -0.05) is 12.1 Å². The quantitative estimate of drug-likeness (QED) is 0.796. The van der Waals surface area contributed by atoms with E-state index in [0.29, 0.717) is 25.6 Å². The first kappa shape index (κ1) is 11.4. The Morgan fingerprint density at radius 2 is 2.06 bits per heavy atom. The van der Waals surface area contributed by atoms with Gasteiger partial charge in [-0.3, -0.25) is 0 Å². The number of aromatic hydroxyl groups is 1. The molecule has 2 rings (SSSR count). The normalized spacial score (nSPS) is 20.9. The van der Waals surface area contributed by atoms with Crippen LogP contribution in [0.15, 0.2) is 24.3 Å². The molecule has 0 aromatic heterocycles. The minimum absolute atomic E-state index is 0.158. The molecule has 1 saturated heterocycles. The Bertz CT molecular complexity index is 307. The molecular weight excluding hydrogens is 206 g/mol. The van der Waals surface area contributed by atoms with Gasteiger partial charge in [-0.15, -0.1) is 0 Å². The Morgan fingerprint density at radius 1 is 1.25 bits per heavy atom. The fourth-order valence-electron chi connectivity index (χ4n) is 1.65. The van der Waals surface area contributed by atoms with Crippen molar-refractivity contribution in [1.29, 1.82) is 0 Å². The van der Waals surface area contributed by atoms with Gasteiger partial charge in [-0.05, 0) is 17.7 Å². The average Bonchev–Trinajstić information content (AvgIpc) is 2.33. The Morgan fingerprint density at radius 3 is 2.75 bits per heavy atom. The van der Waals surface area contributed by atoms with Crippen molar-refractivity contribution in [3.63, 3.8) is 0 Å². The summed E-state index contributed by atoms with van der Waals surface area (Å²) in [6.45, 7) is 3.63. The lowest BCUT2D eigenvalue weighted by Crippen LogP contribution is -2.37. The van der Waals surface area contributed by atoms with Gasteiger partial charge >= 0.3 is 0 Å². The van der Waals surface area contributed by atoms with E-state index >= 15 is 0 Å².